The first-order valence-electron chi connectivity index (χ1n) is 10.3. The fraction of sp³-hybridized carbons (Fsp3) is 0.0800. The van der Waals surface area contributed by atoms with Crippen molar-refractivity contribution >= 4 is 51.0 Å². The molecule has 0 saturated carbocycles. The number of aromatic nitrogens is 4. The van der Waals surface area contributed by atoms with Crippen molar-refractivity contribution < 1.29 is 0 Å². The maximum atomic E-state index is 12.7. The van der Waals surface area contributed by atoms with Crippen molar-refractivity contribution in [3.63, 3.8) is 0 Å². The van der Waals surface area contributed by atoms with E-state index in [0.29, 0.717) is 17.4 Å². The van der Waals surface area contributed by atoms with E-state index in [1.165, 1.54) is 11.3 Å². The number of rotatable bonds is 7. The summed E-state index contributed by atoms with van der Waals surface area (Å²) in [5, 5.41) is 10.3. The van der Waals surface area contributed by atoms with E-state index in [1.54, 1.807) is 16.3 Å². The zero-order valence-electron chi connectivity index (χ0n) is 17.5. The summed E-state index contributed by atoms with van der Waals surface area (Å²) >= 11 is 9.10. The predicted octanol–water partition coefficient (Wildman–Crippen LogP) is 6.15. The Kier molecular flexibility index (Phi) is 6.44. The van der Waals surface area contributed by atoms with Gasteiger partial charge in [0.25, 0.3) is 0 Å². The number of hydrogen-bond acceptors (Lipinski definition) is 5. The van der Waals surface area contributed by atoms with Gasteiger partial charge in [-0.2, -0.15) is 0 Å². The quantitative estimate of drug-likeness (QED) is 0.257. The normalized spacial score (nSPS) is 11.5. The van der Waals surface area contributed by atoms with Crippen LogP contribution in [0.3, 0.4) is 0 Å². The first kappa shape index (κ1) is 21.7. The molecule has 0 unspecified atom stereocenters. The lowest BCUT2D eigenvalue weighted by Gasteiger charge is -2.11. The molecular formula is C25H19ClN4OS2. The lowest BCUT2D eigenvalue weighted by atomic mass is 10.2. The van der Waals surface area contributed by atoms with Crippen LogP contribution in [0.4, 0.5) is 0 Å². The zero-order valence-corrected chi connectivity index (χ0v) is 19.9. The Morgan fingerprint density at radius 3 is 2.64 bits per heavy atom. The molecule has 3 aromatic carbocycles. The third kappa shape index (κ3) is 4.80. The molecule has 0 aliphatic rings. The second kappa shape index (κ2) is 9.79. The van der Waals surface area contributed by atoms with Crippen LogP contribution in [0.2, 0.25) is 5.02 Å². The van der Waals surface area contributed by atoms with E-state index in [2.05, 4.69) is 34.5 Å². The van der Waals surface area contributed by atoms with Crippen LogP contribution in [0.15, 0.2) is 94.9 Å². The first-order chi connectivity index (χ1) is 16.2. The number of para-hydroxylation sites is 1. The largest absolute Gasteiger partial charge is 0.308 e. The lowest BCUT2D eigenvalue weighted by Crippen LogP contribution is -2.16. The molecule has 2 aromatic heterocycles. The number of nitrogens with zero attached hydrogens (tertiary/aromatic N) is 4. The van der Waals surface area contributed by atoms with Crippen LogP contribution in [-0.2, 0) is 6.54 Å². The first-order valence-corrected chi connectivity index (χ1v) is 12.5. The molecule has 0 amide bonds. The fourth-order valence-electron chi connectivity index (χ4n) is 3.55. The van der Waals surface area contributed by atoms with Gasteiger partial charge in [-0.1, -0.05) is 95.4 Å². The SMILES string of the molecule is O=c1sc2ccccc2n1Cc1nnc(SCC=Cc2ccccc2)n1-c1cccc(Cl)c1. The number of fused-ring (bicyclic) bond motifs is 1. The highest BCUT2D eigenvalue weighted by atomic mass is 35.5. The van der Waals surface area contributed by atoms with Gasteiger partial charge in [-0.05, 0) is 35.9 Å². The highest BCUT2D eigenvalue weighted by Gasteiger charge is 2.17. The average molecular weight is 491 g/mol. The van der Waals surface area contributed by atoms with Crippen LogP contribution >= 0.6 is 34.7 Å². The van der Waals surface area contributed by atoms with Gasteiger partial charge in [0.1, 0.15) is 0 Å². The summed E-state index contributed by atoms with van der Waals surface area (Å²) in [6.45, 7) is 0.322. The molecule has 33 heavy (non-hydrogen) atoms. The summed E-state index contributed by atoms with van der Waals surface area (Å²) in [6, 6.07) is 25.5. The molecular weight excluding hydrogens is 472 g/mol. The number of thiazole rings is 1. The Bertz CT molecular complexity index is 1490. The van der Waals surface area contributed by atoms with Crippen LogP contribution in [-0.4, -0.2) is 25.1 Å². The molecule has 0 aliphatic carbocycles. The van der Waals surface area contributed by atoms with E-state index in [0.717, 1.165) is 32.4 Å². The van der Waals surface area contributed by atoms with Gasteiger partial charge in [0, 0.05) is 10.8 Å². The van der Waals surface area contributed by atoms with Crippen molar-refractivity contribution in [1.29, 1.82) is 0 Å². The van der Waals surface area contributed by atoms with Gasteiger partial charge in [0.15, 0.2) is 11.0 Å². The van der Waals surface area contributed by atoms with E-state index < -0.39 is 0 Å². The minimum atomic E-state index is -0.0168. The van der Waals surface area contributed by atoms with Crippen molar-refractivity contribution in [2.45, 2.75) is 11.7 Å². The van der Waals surface area contributed by atoms with Gasteiger partial charge >= 0.3 is 4.87 Å². The summed E-state index contributed by atoms with van der Waals surface area (Å²) in [7, 11) is 0. The van der Waals surface area contributed by atoms with Gasteiger partial charge in [0.05, 0.1) is 22.4 Å². The molecule has 0 radical (unpaired) electrons. The molecule has 0 saturated heterocycles. The second-order valence-corrected chi connectivity index (χ2v) is 9.68. The molecule has 2 heterocycles. The Morgan fingerprint density at radius 2 is 1.79 bits per heavy atom. The van der Waals surface area contributed by atoms with Crippen LogP contribution in [0.1, 0.15) is 11.4 Å². The van der Waals surface area contributed by atoms with E-state index in [1.807, 2.05) is 71.3 Å². The fourth-order valence-corrected chi connectivity index (χ4v) is 5.40. The third-order valence-corrected chi connectivity index (χ3v) is 7.14. The van der Waals surface area contributed by atoms with Gasteiger partial charge in [-0.25, -0.2) is 0 Å². The third-order valence-electron chi connectivity index (χ3n) is 5.06. The predicted molar refractivity (Wildman–Crippen MR) is 138 cm³/mol. The van der Waals surface area contributed by atoms with Crippen molar-refractivity contribution in [2.75, 3.05) is 5.75 Å². The molecule has 0 aliphatic heterocycles. The summed E-state index contributed by atoms with van der Waals surface area (Å²) in [5.41, 5.74) is 2.91. The maximum Gasteiger partial charge on any atom is 0.308 e. The van der Waals surface area contributed by atoms with Crippen LogP contribution in [0.5, 0.6) is 0 Å². The Hall–Kier alpha value is -3.13. The van der Waals surface area contributed by atoms with Crippen LogP contribution < -0.4 is 4.87 Å². The molecule has 0 fully saturated rings. The van der Waals surface area contributed by atoms with Crippen molar-refractivity contribution in [2.24, 2.45) is 0 Å². The molecule has 0 bridgehead atoms. The average Bonchev–Trinajstić information content (AvgIpc) is 3.38. The van der Waals surface area contributed by atoms with Gasteiger partial charge in [-0.15, -0.1) is 10.2 Å². The topological polar surface area (TPSA) is 52.7 Å². The van der Waals surface area contributed by atoms with Gasteiger partial charge < -0.3 is 0 Å². The van der Waals surface area contributed by atoms with Crippen LogP contribution in [0, 0.1) is 0 Å². The minimum absolute atomic E-state index is 0.0168. The van der Waals surface area contributed by atoms with E-state index in [9.17, 15) is 4.79 Å². The van der Waals surface area contributed by atoms with E-state index >= 15 is 0 Å². The smallest absolute Gasteiger partial charge is 0.291 e. The highest BCUT2D eigenvalue weighted by molar-refractivity contribution is 7.99. The second-order valence-electron chi connectivity index (χ2n) is 7.26. The lowest BCUT2D eigenvalue weighted by molar-refractivity contribution is 0.726. The van der Waals surface area contributed by atoms with Crippen molar-refractivity contribution in [3.05, 3.63) is 111 Å². The summed E-state index contributed by atoms with van der Waals surface area (Å²) in [5.74, 6) is 1.41. The molecule has 5 aromatic rings. The highest BCUT2D eigenvalue weighted by Crippen LogP contribution is 2.26. The number of halogens is 1. The van der Waals surface area contributed by atoms with E-state index in [-0.39, 0.29) is 4.87 Å². The van der Waals surface area contributed by atoms with Crippen molar-refractivity contribution in [3.8, 4) is 5.69 Å². The van der Waals surface area contributed by atoms with E-state index in [4.69, 9.17) is 11.6 Å². The van der Waals surface area contributed by atoms with Gasteiger partial charge in [0.2, 0.25) is 0 Å². The molecule has 8 heteroatoms. The summed E-state index contributed by atoms with van der Waals surface area (Å²) in [6.07, 6.45) is 4.19. The van der Waals surface area contributed by atoms with Crippen molar-refractivity contribution in [1.82, 2.24) is 19.3 Å². The maximum absolute atomic E-state index is 12.7. The minimum Gasteiger partial charge on any atom is -0.291 e. The molecule has 0 spiro atoms. The molecule has 0 atom stereocenters. The number of benzene rings is 3. The Labute approximate surface area is 204 Å². The Balaban J connectivity index is 1.48. The summed E-state index contributed by atoms with van der Waals surface area (Å²) < 4.78 is 4.68. The summed E-state index contributed by atoms with van der Waals surface area (Å²) in [4.78, 5) is 12.7. The Morgan fingerprint density at radius 1 is 0.970 bits per heavy atom. The molecule has 0 N–H and O–H groups in total. The number of hydrogen-bond donors (Lipinski definition) is 0. The van der Waals surface area contributed by atoms with Gasteiger partial charge in [-0.3, -0.25) is 13.9 Å². The monoisotopic (exact) mass is 490 g/mol. The molecule has 164 valence electrons. The standard InChI is InChI=1S/C25H19ClN4OS2/c26-19-11-6-12-20(16-19)30-23(17-29-21-13-4-5-14-22(21)33-25(29)31)27-28-24(30)32-15-7-10-18-8-2-1-3-9-18/h1-14,16H,15,17H2. The molecule has 5 nitrogen and oxygen atoms in total. The number of thioether (sulfide) groups is 1. The zero-order chi connectivity index (χ0) is 22.6. The molecule has 5 rings (SSSR count). The van der Waals surface area contributed by atoms with Crippen LogP contribution in [0.25, 0.3) is 22.0 Å².